The molecular formula is C21H25N5OS. The molecular weight excluding hydrogens is 370 g/mol. The van der Waals surface area contributed by atoms with E-state index in [1.807, 2.05) is 11.8 Å². The number of benzene rings is 1. The van der Waals surface area contributed by atoms with Gasteiger partial charge in [0.1, 0.15) is 12.2 Å². The minimum absolute atomic E-state index is 0.156. The van der Waals surface area contributed by atoms with Crippen LogP contribution in [0.15, 0.2) is 30.6 Å². The van der Waals surface area contributed by atoms with E-state index in [9.17, 15) is 4.79 Å². The van der Waals surface area contributed by atoms with E-state index in [4.69, 9.17) is 0 Å². The summed E-state index contributed by atoms with van der Waals surface area (Å²) in [6.07, 6.45) is 2.18. The Morgan fingerprint density at radius 1 is 1.21 bits per heavy atom. The highest BCUT2D eigenvalue weighted by Gasteiger charge is 2.35. The minimum Gasteiger partial charge on any atom is -0.341 e. The fourth-order valence-electron chi connectivity index (χ4n) is 3.56. The van der Waals surface area contributed by atoms with Gasteiger partial charge in [-0.3, -0.25) is 4.79 Å². The molecule has 1 amide bonds. The molecule has 3 aromatic rings. The number of amides is 1. The van der Waals surface area contributed by atoms with Crippen LogP contribution in [0.5, 0.6) is 0 Å². The first-order chi connectivity index (χ1) is 13.4. The molecule has 1 aliphatic heterocycles. The number of nitrogens with zero attached hydrogens (tertiary/aromatic N) is 5. The first-order valence-corrected chi connectivity index (χ1v) is 10.4. The van der Waals surface area contributed by atoms with Crippen molar-refractivity contribution in [3.63, 3.8) is 0 Å². The van der Waals surface area contributed by atoms with Crippen molar-refractivity contribution in [1.82, 2.24) is 24.6 Å². The Kier molecular flexibility index (Phi) is 5.02. The number of carbonyl (C=O) groups is 1. The zero-order valence-electron chi connectivity index (χ0n) is 16.7. The van der Waals surface area contributed by atoms with Crippen LogP contribution in [-0.2, 0) is 11.2 Å². The van der Waals surface area contributed by atoms with Crippen molar-refractivity contribution >= 4 is 17.2 Å². The van der Waals surface area contributed by atoms with Crippen molar-refractivity contribution < 1.29 is 4.79 Å². The Morgan fingerprint density at radius 2 is 1.93 bits per heavy atom. The first-order valence-electron chi connectivity index (χ1n) is 9.63. The predicted octanol–water partition coefficient (Wildman–Crippen LogP) is 3.77. The summed E-state index contributed by atoms with van der Waals surface area (Å²) in [5.74, 6) is 1.41. The summed E-state index contributed by atoms with van der Waals surface area (Å²) in [6, 6.07) is 8.65. The summed E-state index contributed by atoms with van der Waals surface area (Å²) >= 11 is 1.61. The highest BCUT2D eigenvalue weighted by Crippen LogP contribution is 2.31. The number of hydrogen-bond donors (Lipinski definition) is 0. The van der Waals surface area contributed by atoms with Crippen molar-refractivity contribution in [2.24, 2.45) is 0 Å². The van der Waals surface area contributed by atoms with E-state index in [2.05, 4.69) is 64.8 Å². The molecule has 0 saturated carbocycles. The first kappa shape index (κ1) is 18.8. The van der Waals surface area contributed by atoms with Crippen LogP contribution in [-0.4, -0.2) is 43.6 Å². The molecule has 1 fully saturated rings. The van der Waals surface area contributed by atoms with E-state index in [1.165, 1.54) is 5.56 Å². The van der Waals surface area contributed by atoms with E-state index in [-0.39, 0.29) is 11.8 Å². The molecule has 0 N–H and O–H groups in total. The molecule has 1 aliphatic rings. The lowest BCUT2D eigenvalue weighted by Crippen LogP contribution is -2.49. The van der Waals surface area contributed by atoms with Crippen LogP contribution in [0.25, 0.3) is 11.3 Å². The van der Waals surface area contributed by atoms with E-state index in [1.54, 1.807) is 17.7 Å². The van der Waals surface area contributed by atoms with Gasteiger partial charge in [-0.05, 0) is 27.7 Å². The van der Waals surface area contributed by atoms with Crippen molar-refractivity contribution in [3.05, 3.63) is 51.9 Å². The quantitative estimate of drug-likeness (QED) is 0.660. The number of likely N-dealkylation sites (tertiary alicyclic amines) is 1. The molecule has 3 heterocycles. The van der Waals surface area contributed by atoms with Gasteiger partial charge >= 0.3 is 0 Å². The lowest BCUT2D eigenvalue weighted by molar-refractivity contribution is -0.135. The summed E-state index contributed by atoms with van der Waals surface area (Å²) in [5.41, 5.74) is 3.23. The SMILES string of the molecule is Cc1ccc(-c2nc(C)sc2CC(=O)N2CC(c3nncn3C(C)C)C2)cc1. The number of rotatable bonds is 5. The van der Waals surface area contributed by atoms with Crippen molar-refractivity contribution in [2.45, 2.75) is 46.1 Å². The molecule has 7 heteroatoms. The summed E-state index contributed by atoms with van der Waals surface area (Å²) < 4.78 is 2.09. The number of hydrogen-bond acceptors (Lipinski definition) is 5. The summed E-state index contributed by atoms with van der Waals surface area (Å²) in [7, 11) is 0. The second-order valence-corrected chi connectivity index (χ2v) is 9.02. The maximum Gasteiger partial charge on any atom is 0.227 e. The third-order valence-electron chi connectivity index (χ3n) is 5.20. The zero-order valence-corrected chi connectivity index (χ0v) is 17.5. The number of thiazole rings is 1. The van der Waals surface area contributed by atoms with Crippen LogP contribution in [0.3, 0.4) is 0 Å². The summed E-state index contributed by atoms with van der Waals surface area (Å²) in [4.78, 5) is 20.5. The molecule has 4 rings (SSSR count). The molecule has 146 valence electrons. The molecule has 0 unspecified atom stereocenters. The standard InChI is InChI=1S/C21H25N5OS/c1-13(2)26-12-22-24-21(26)17-10-25(11-17)19(27)9-18-20(23-15(4)28-18)16-7-5-14(3)6-8-16/h5-8,12-13,17H,9-11H2,1-4H3. The van der Waals surface area contributed by atoms with Gasteiger partial charge in [0, 0.05) is 29.6 Å². The Labute approximate surface area is 169 Å². The van der Waals surface area contributed by atoms with Gasteiger partial charge in [0.15, 0.2) is 0 Å². The molecule has 0 radical (unpaired) electrons. The fourth-order valence-corrected chi connectivity index (χ4v) is 4.51. The molecule has 0 aliphatic carbocycles. The summed E-state index contributed by atoms with van der Waals surface area (Å²) in [5, 5.41) is 9.30. The van der Waals surface area contributed by atoms with Crippen LogP contribution >= 0.6 is 11.3 Å². The number of aromatic nitrogens is 4. The molecule has 1 aromatic carbocycles. The normalized spacial score (nSPS) is 14.5. The molecule has 0 atom stereocenters. The molecule has 0 bridgehead atoms. The zero-order chi connectivity index (χ0) is 19.8. The van der Waals surface area contributed by atoms with Gasteiger partial charge in [0.2, 0.25) is 5.91 Å². The molecule has 0 spiro atoms. The second-order valence-electron chi connectivity index (χ2n) is 7.73. The maximum atomic E-state index is 12.8. The molecule has 28 heavy (non-hydrogen) atoms. The molecule has 2 aromatic heterocycles. The highest BCUT2D eigenvalue weighted by molar-refractivity contribution is 7.12. The molecule has 1 saturated heterocycles. The smallest absolute Gasteiger partial charge is 0.227 e. The lowest BCUT2D eigenvalue weighted by Gasteiger charge is -2.39. The third kappa shape index (κ3) is 3.58. The Bertz CT molecular complexity index is 983. The van der Waals surface area contributed by atoms with E-state index < -0.39 is 0 Å². The van der Waals surface area contributed by atoms with Gasteiger partial charge in [-0.1, -0.05) is 29.8 Å². The Hall–Kier alpha value is -2.54. The highest BCUT2D eigenvalue weighted by atomic mass is 32.1. The number of aryl methyl sites for hydroxylation is 2. The van der Waals surface area contributed by atoms with Gasteiger partial charge in [-0.2, -0.15) is 0 Å². The predicted molar refractivity (Wildman–Crippen MR) is 110 cm³/mol. The van der Waals surface area contributed by atoms with Crippen molar-refractivity contribution in [1.29, 1.82) is 0 Å². The van der Waals surface area contributed by atoms with Crippen molar-refractivity contribution in [2.75, 3.05) is 13.1 Å². The van der Waals surface area contributed by atoms with E-state index in [0.29, 0.717) is 25.6 Å². The van der Waals surface area contributed by atoms with E-state index in [0.717, 1.165) is 27.0 Å². The second kappa shape index (κ2) is 7.47. The van der Waals surface area contributed by atoms with Crippen LogP contribution < -0.4 is 0 Å². The van der Waals surface area contributed by atoms with Crippen LogP contribution in [0.2, 0.25) is 0 Å². The van der Waals surface area contributed by atoms with E-state index >= 15 is 0 Å². The van der Waals surface area contributed by atoms with Crippen LogP contribution in [0, 0.1) is 13.8 Å². The van der Waals surface area contributed by atoms with Gasteiger partial charge in [0.05, 0.1) is 23.0 Å². The van der Waals surface area contributed by atoms with Crippen LogP contribution in [0.4, 0.5) is 0 Å². The largest absolute Gasteiger partial charge is 0.341 e. The van der Waals surface area contributed by atoms with Gasteiger partial charge < -0.3 is 9.47 Å². The average molecular weight is 396 g/mol. The lowest BCUT2D eigenvalue weighted by atomic mass is 9.98. The average Bonchev–Trinajstić information content (AvgIpc) is 3.21. The van der Waals surface area contributed by atoms with Crippen molar-refractivity contribution in [3.8, 4) is 11.3 Å². The Balaban J connectivity index is 1.44. The fraction of sp³-hybridized carbons (Fsp3) is 0.429. The maximum absolute atomic E-state index is 12.8. The topological polar surface area (TPSA) is 63.9 Å². The minimum atomic E-state index is 0.156. The van der Waals surface area contributed by atoms with Crippen LogP contribution in [0.1, 0.15) is 47.1 Å². The Morgan fingerprint density at radius 3 is 2.61 bits per heavy atom. The number of carbonyl (C=O) groups excluding carboxylic acids is 1. The monoisotopic (exact) mass is 395 g/mol. The van der Waals surface area contributed by atoms with Gasteiger partial charge in [-0.25, -0.2) is 4.98 Å². The van der Waals surface area contributed by atoms with Gasteiger partial charge in [-0.15, -0.1) is 21.5 Å². The van der Waals surface area contributed by atoms with Gasteiger partial charge in [0.25, 0.3) is 0 Å². The summed E-state index contributed by atoms with van der Waals surface area (Å²) in [6.45, 7) is 9.72. The third-order valence-corrected chi connectivity index (χ3v) is 6.17. The molecule has 6 nitrogen and oxygen atoms in total.